The Morgan fingerprint density at radius 3 is 1.23 bits per heavy atom. The average molecular weight is 292 g/mol. The van der Waals surface area contributed by atoms with Crippen molar-refractivity contribution in [2.75, 3.05) is 0 Å². The molecule has 3 aromatic rings. The van der Waals surface area contributed by atoms with Crippen molar-refractivity contribution in [3.63, 3.8) is 0 Å². The molecule has 0 radical (unpaired) electrons. The SMILES string of the molecule is OC1Cc2ccccc2CC1O.c1ccc2ccccc2c1. The molecule has 3 aromatic carbocycles. The number of hydrogen-bond donors (Lipinski definition) is 2. The Hall–Kier alpha value is -2.16. The predicted octanol–water partition coefficient (Wildman–Crippen LogP) is 3.35. The molecule has 0 bridgehead atoms. The van der Waals surface area contributed by atoms with Gasteiger partial charge in [-0.25, -0.2) is 0 Å². The molecular weight excluding hydrogens is 272 g/mol. The Morgan fingerprint density at radius 1 is 0.545 bits per heavy atom. The zero-order chi connectivity index (χ0) is 15.4. The van der Waals surface area contributed by atoms with E-state index in [0.717, 1.165) is 11.1 Å². The molecule has 4 rings (SSSR count). The van der Waals surface area contributed by atoms with Crippen LogP contribution in [0.3, 0.4) is 0 Å². The van der Waals surface area contributed by atoms with E-state index in [1.165, 1.54) is 10.8 Å². The first-order chi connectivity index (χ1) is 10.7. The highest BCUT2D eigenvalue weighted by Crippen LogP contribution is 2.21. The van der Waals surface area contributed by atoms with Crippen molar-refractivity contribution in [3.8, 4) is 0 Å². The van der Waals surface area contributed by atoms with E-state index in [9.17, 15) is 10.2 Å². The first kappa shape index (κ1) is 14.8. The molecule has 2 nitrogen and oxygen atoms in total. The maximum Gasteiger partial charge on any atom is 0.0842 e. The minimum atomic E-state index is -0.583. The van der Waals surface area contributed by atoms with E-state index in [-0.39, 0.29) is 0 Å². The third-order valence-electron chi connectivity index (χ3n) is 4.08. The first-order valence-corrected chi connectivity index (χ1v) is 7.61. The van der Waals surface area contributed by atoms with E-state index in [1.54, 1.807) is 0 Å². The smallest absolute Gasteiger partial charge is 0.0842 e. The van der Waals surface area contributed by atoms with E-state index in [2.05, 4.69) is 48.5 Å². The molecule has 0 heterocycles. The molecule has 0 spiro atoms. The highest BCUT2D eigenvalue weighted by molar-refractivity contribution is 5.81. The summed E-state index contributed by atoms with van der Waals surface area (Å²) >= 11 is 0. The Morgan fingerprint density at radius 2 is 0.864 bits per heavy atom. The predicted molar refractivity (Wildman–Crippen MR) is 89.8 cm³/mol. The molecule has 2 atom stereocenters. The van der Waals surface area contributed by atoms with E-state index < -0.39 is 12.2 Å². The third-order valence-corrected chi connectivity index (χ3v) is 4.08. The van der Waals surface area contributed by atoms with Gasteiger partial charge in [-0.15, -0.1) is 0 Å². The molecule has 0 amide bonds. The minimum Gasteiger partial charge on any atom is -0.390 e. The molecule has 0 saturated carbocycles. The molecule has 0 fully saturated rings. The van der Waals surface area contributed by atoms with Crippen molar-refractivity contribution in [3.05, 3.63) is 83.9 Å². The lowest BCUT2D eigenvalue weighted by atomic mass is 9.88. The van der Waals surface area contributed by atoms with Crippen LogP contribution in [-0.4, -0.2) is 22.4 Å². The second-order valence-electron chi connectivity index (χ2n) is 5.66. The minimum absolute atomic E-state index is 0.581. The summed E-state index contributed by atoms with van der Waals surface area (Å²) in [4.78, 5) is 0. The van der Waals surface area contributed by atoms with Crippen molar-refractivity contribution in [1.29, 1.82) is 0 Å². The van der Waals surface area contributed by atoms with Crippen LogP contribution < -0.4 is 0 Å². The van der Waals surface area contributed by atoms with Gasteiger partial charge in [-0.2, -0.15) is 0 Å². The second kappa shape index (κ2) is 6.73. The lowest BCUT2D eigenvalue weighted by Crippen LogP contribution is -2.34. The fraction of sp³-hybridized carbons (Fsp3) is 0.200. The van der Waals surface area contributed by atoms with Crippen molar-refractivity contribution < 1.29 is 10.2 Å². The molecule has 0 aromatic heterocycles. The van der Waals surface area contributed by atoms with Gasteiger partial charge < -0.3 is 10.2 Å². The van der Waals surface area contributed by atoms with Crippen LogP contribution in [0.4, 0.5) is 0 Å². The van der Waals surface area contributed by atoms with Gasteiger partial charge in [-0.3, -0.25) is 0 Å². The number of aliphatic hydroxyl groups excluding tert-OH is 2. The van der Waals surface area contributed by atoms with Gasteiger partial charge >= 0.3 is 0 Å². The summed E-state index contributed by atoms with van der Waals surface area (Å²) in [7, 11) is 0. The summed E-state index contributed by atoms with van der Waals surface area (Å²) in [5.74, 6) is 0. The lowest BCUT2D eigenvalue weighted by Gasteiger charge is -2.25. The average Bonchev–Trinajstić information content (AvgIpc) is 2.57. The molecule has 0 aliphatic heterocycles. The molecule has 112 valence electrons. The van der Waals surface area contributed by atoms with E-state index in [0.29, 0.717) is 12.8 Å². The van der Waals surface area contributed by atoms with E-state index in [4.69, 9.17) is 0 Å². The van der Waals surface area contributed by atoms with Crippen molar-refractivity contribution in [1.82, 2.24) is 0 Å². The number of aliphatic hydroxyl groups is 2. The van der Waals surface area contributed by atoms with Crippen LogP contribution in [0.25, 0.3) is 10.8 Å². The zero-order valence-corrected chi connectivity index (χ0v) is 12.4. The number of hydrogen-bond acceptors (Lipinski definition) is 2. The van der Waals surface area contributed by atoms with Gasteiger partial charge in [0.05, 0.1) is 12.2 Å². The Balaban J connectivity index is 0.000000133. The molecule has 2 N–H and O–H groups in total. The maximum absolute atomic E-state index is 9.37. The van der Waals surface area contributed by atoms with Crippen LogP contribution in [-0.2, 0) is 12.8 Å². The van der Waals surface area contributed by atoms with Gasteiger partial charge in [0.1, 0.15) is 0 Å². The summed E-state index contributed by atoms with van der Waals surface area (Å²) in [5.41, 5.74) is 2.32. The van der Waals surface area contributed by atoms with Crippen LogP contribution in [0, 0.1) is 0 Å². The second-order valence-corrected chi connectivity index (χ2v) is 5.66. The Labute approximate surface area is 130 Å². The standard InChI is InChI=1S/C10H12O2.C10H8/c11-9-5-7-3-1-2-4-8(7)6-10(9)12;1-2-6-10-8-4-3-7-9(10)5-1/h1-4,9-12H,5-6H2;1-8H. The molecular formula is C20H20O2. The molecule has 2 heteroatoms. The number of benzene rings is 3. The van der Waals surface area contributed by atoms with E-state index in [1.807, 2.05) is 24.3 Å². The Kier molecular flexibility index (Phi) is 4.52. The largest absolute Gasteiger partial charge is 0.390 e. The van der Waals surface area contributed by atoms with Crippen LogP contribution in [0.5, 0.6) is 0 Å². The summed E-state index contributed by atoms with van der Waals surface area (Å²) in [6, 6.07) is 24.6. The fourth-order valence-electron chi connectivity index (χ4n) is 2.81. The monoisotopic (exact) mass is 292 g/mol. The van der Waals surface area contributed by atoms with Crippen molar-refractivity contribution in [2.24, 2.45) is 0 Å². The van der Waals surface area contributed by atoms with Gasteiger partial charge in [0.25, 0.3) is 0 Å². The van der Waals surface area contributed by atoms with Crippen molar-refractivity contribution in [2.45, 2.75) is 25.0 Å². The fourth-order valence-corrected chi connectivity index (χ4v) is 2.81. The van der Waals surface area contributed by atoms with Gasteiger partial charge in [0.15, 0.2) is 0 Å². The molecule has 1 aliphatic rings. The summed E-state index contributed by atoms with van der Waals surface area (Å²) < 4.78 is 0. The third kappa shape index (κ3) is 3.35. The summed E-state index contributed by atoms with van der Waals surface area (Å²) in [6.45, 7) is 0. The highest BCUT2D eigenvalue weighted by atomic mass is 16.3. The lowest BCUT2D eigenvalue weighted by molar-refractivity contribution is 0.0141. The quantitative estimate of drug-likeness (QED) is 0.667. The van der Waals surface area contributed by atoms with Crippen LogP contribution in [0.2, 0.25) is 0 Å². The molecule has 0 saturated heterocycles. The first-order valence-electron chi connectivity index (χ1n) is 7.61. The Bertz CT molecular complexity index is 657. The van der Waals surface area contributed by atoms with Gasteiger partial charge in [0.2, 0.25) is 0 Å². The van der Waals surface area contributed by atoms with Crippen LogP contribution in [0.1, 0.15) is 11.1 Å². The van der Waals surface area contributed by atoms with Gasteiger partial charge in [0, 0.05) is 12.8 Å². The molecule has 22 heavy (non-hydrogen) atoms. The van der Waals surface area contributed by atoms with E-state index >= 15 is 0 Å². The molecule has 2 unspecified atom stereocenters. The highest BCUT2D eigenvalue weighted by Gasteiger charge is 2.24. The number of fused-ring (bicyclic) bond motifs is 2. The molecule has 1 aliphatic carbocycles. The van der Waals surface area contributed by atoms with Crippen LogP contribution in [0.15, 0.2) is 72.8 Å². The maximum atomic E-state index is 9.37. The van der Waals surface area contributed by atoms with Crippen molar-refractivity contribution >= 4 is 10.8 Å². The van der Waals surface area contributed by atoms with Gasteiger partial charge in [-0.05, 0) is 21.9 Å². The van der Waals surface area contributed by atoms with Gasteiger partial charge in [-0.1, -0.05) is 72.8 Å². The topological polar surface area (TPSA) is 40.5 Å². The summed E-state index contributed by atoms with van der Waals surface area (Å²) in [5, 5.41) is 21.4. The normalized spacial score (nSPS) is 19.9. The van der Waals surface area contributed by atoms with Crippen LogP contribution >= 0.6 is 0 Å². The zero-order valence-electron chi connectivity index (χ0n) is 12.4. The summed E-state index contributed by atoms with van der Waals surface area (Å²) in [6.07, 6.45) is -0.00546. The number of rotatable bonds is 0.